The predicted octanol–water partition coefficient (Wildman–Crippen LogP) is 2.60. The van der Waals surface area contributed by atoms with Gasteiger partial charge in [0.25, 0.3) is 0 Å². The van der Waals surface area contributed by atoms with Crippen molar-refractivity contribution in [3.05, 3.63) is 24.2 Å². The summed E-state index contributed by atoms with van der Waals surface area (Å²) in [5, 5.41) is 0. The lowest BCUT2D eigenvalue weighted by atomic mass is 10.1. The molecule has 1 atom stereocenters. The Hall–Kier alpha value is -1.09. The van der Waals surface area contributed by atoms with Crippen LogP contribution in [0.4, 0.5) is 0 Å². The summed E-state index contributed by atoms with van der Waals surface area (Å²) >= 11 is 0. The lowest BCUT2D eigenvalue weighted by Gasteiger charge is -2.13. The summed E-state index contributed by atoms with van der Waals surface area (Å²) in [5.74, 6) is 0.814. The van der Waals surface area contributed by atoms with Gasteiger partial charge in [-0.15, -0.1) is 0 Å². The smallest absolute Gasteiger partial charge is 0.169 e. The Kier molecular flexibility index (Phi) is 5.12. The molecule has 0 saturated heterocycles. The van der Waals surface area contributed by atoms with E-state index in [4.69, 9.17) is 9.15 Å². The van der Waals surface area contributed by atoms with E-state index >= 15 is 0 Å². The van der Waals surface area contributed by atoms with Crippen LogP contribution in [-0.4, -0.2) is 18.5 Å². The highest BCUT2D eigenvalue weighted by Gasteiger charge is 2.18. The highest BCUT2D eigenvalue weighted by atomic mass is 16.5. The van der Waals surface area contributed by atoms with Crippen molar-refractivity contribution in [2.24, 2.45) is 0 Å². The number of rotatable bonds is 7. The topological polar surface area (TPSA) is 39.4 Å². The van der Waals surface area contributed by atoms with E-state index in [1.54, 1.807) is 12.3 Å². The Labute approximate surface area is 90.4 Å². The summed E-state index contributed by atoms with van der Waals surface area (Å²) in [6.07, 6.45) is 3.38. The van der Waals surface area contributed by atoms with Gasteiger partial charge < -0.3 is 9.15 Å². The third-order valence-corrected chi connectivity index (χ3v) is 2.21. The van der Waals surface area contributed by atoms with Gasteiger partial charge in [-0.3, -0.25) is 4.79 Å². The van der Waals surface area contributed by atoms with Gasteiger partial charge in [-0.25, -0.2) is 0 Å². The molecule has 0 aromatic carbocycles. The highest BCUT2D eigenvalue weighted by Crippen LogP contribution is 2.09. The van der Waals surface area contributed by atoms with Crippen molar-refractivity contribution in [1.82, 2.24) is 0 Å². The lowest BCUT2D eigenvalue weighted by molar-refractivity contribution is -0.130. The Morgan fingerprint density at radius 1 is 1.53 bits per heavy atom. The minimum Gasteiger partial charge on any atom is -0.469 e. The molecule has 3 heteroatoms. The maximum absolute atomic E-state index is 11.8. The number of ether oxygens (including phenoxy) is 1. The van der Waals surface area contributed by atoms with Crippen LogP contribution in [0.3, 0.4) is 0 Å². The van der Waals surface area contributed by atoms with Gasteiger partial charge in [0.2, 0.25) is 0 Å². The molecule has 0 aliphatic carbocycles. The third kappa shape index (κ3) is 3.88. The van der Waals surface area contributed by atoms with Crippen LogP contribution < -0.4 is 0 Å². The van der Waals surface area contributed by atoms with Crippen LogP contribution in [0, 0.1) is 0 Å². The number of hydrogen-bond donors (Lipinski definition) is 0. The second-order valence-electron chi connectivity index (χ2n) is 3.46. The van der Waals surface area contributed by atoms with Gasteiger partial charge in [0.15, 0.2) is 5.78 Å². The quantitative estimate of drug-likeness (QED) is 0.694. The van der Waals surface area contributed by atoms with E-state index in [0.29, 0.717) is 18.8 Å². The maximum Gasteiger partial charge on any atom is 0.169 e. The average Bonchev–Trinajstić information content (AvgIpc) is 2.70. The molecule has 1 aromatic heterocycles. The Balaban J connectivity index is 2.48. The van der Waals surface area contributed by atoms with E-state index in [9.17, 15) is 4.79 Å². The van der Waals surface area contributed by atoms with Crippen LogP contribution in [0.5, 0.6) is 0 Å². The molecule has 0 aliphatic heterocycles. The van der Waals surface area contributed by atoms with E-state index in [1.807, 2.05) is 19.9 Å². The Morgan fingerprint density at radius 2 is 2.33 bits per heavy atom. The molecule has 0 N–H and O–H groups in total. The van der Waals surface area contributed by atoms with E-state index in [-0.39, 0.29) is 11.9 Å². The van der Waals surface area contributed by atoms with Gasteiger partial charge in [0, 0.05) is 6.61 Å². The molecule has 0 saturated carbocycles. The maximum atomic E-state index is 11.8. The third-order valence-electron chi connectivity index (χ3n) is 2.21. The van der Waals surface area contributed by atoms with E-state index in [0.717, 1.165) is 12.8 Å². The molecule has 1 aromatic rings. The zero-order chi connectivity index (χ0) is 11.1. The number of ketones is 1. The average molecular weight is 210 g/mol. The molecule has 84 valence electrons. The summed E-state index contributed by atoms with van der Waals surface area (Å²) in [6, 6.07) is 3.60. The SMILES string of the molecule is CCCC(OCC)C(=O)Cc1ccco1. The van der Waals surface area contributed by atoms with Gasteiger partial charge >= 0.3 is 0 Å². The van der Waals surface area contributed by atoms with Crippen molar-refractivity contribution >= 4 is 5.78 Å². The van der Waals surface area contributed by atoms with Crippen LogP contribution in [0.2, 0.25) is 0 Å². The Morgan fingerprint density at radius 3 is 2.87 bits per heavy atom. The zero-order valence-electron chi connectivity index (χ0n) is 9.36. The van der Waals surface area contributed by atoms with Crippen molar-refractivity contribution in [2.45, 2.75) is 39.2 Å². The summed E-state index contributed by atoms with van der Waals surface area (Å²) < 4.78 is 10.5. The number of carbonyl (C=O) groups excluding carboxylic acids is 1. The minimum absolute atomic E-state index is 0.105. The monoisotopic (exact) mass is 210 g/mol. The number of Topliss-reactive ketones (excluding diaryl/α,β-unsaturated/α-hetero) is 1. The largest absolute Gasteiger partial charge is 0.469 e. The second kappa shape index (κ2) is 6.40. The van der Waals surface area contributed by atoms with Crippen LogP contribution in [0.15, 0.2) is 22.8 Å². The number of hydrogen-bond acceptors (Lipinski definition) is 3. The predicted molar refractivity (Wildman–Crippen MR) is 57.7 cm³/mol. The van der Waals surface area contributed by atoms with E-state index in [1.165, 1.54) is 0 Å². The molecule has 0 amide bonds. The normalized spacial score (nSPS) is 12.7. The Bertz CT molecular complexity index is 271. The van der Waals surface area contributed by atoms with Gasteiger partial charge in [-0.05, 0) is 25.5 Å². The van der Waals surface area contributed by atoms with Crippen LogP contribution >= 0.6 is 0 Å². The van der Waals surface area contributed by atoms with Crippen LogP contribution in [0.1, 0.15) is 32.4 Å². The molecular weight excluding hydrogens is 192 g/mol. The zero-order valence-corrected chi connectivity index (χ0v) is 9.36. The first-order valence-corrected chi connectivity index (χ1v) is 5.44. The second-order valence-corrected chi connectivity index (χ2v) is 3.46. The molecule has 0 spiro atoms. The minimum atomic E-state index is -0.273. The van der Waals surface area contributed by atoms with E-state index < -0.39 is 0 Å². The molecule has 3 nitrogen and oxygen atoms in total. The van der Waals surface area contributed by atoms with Gasteiger partial charge in [-0.2, -0.15) is 0 Å². The van der Waals surface area contributed by atoms with Gasteiger partial charge in [0.05, 0.1) is 12.7 Å². The molecule has 1 unspecified atom stereocenters. The standard InChI is InChI=1S/C12H18O3/c1-3-6-12(14-4-2)11(13)9-10-7-5-8-15-10/h5,7-8,12H,3-4,6,9H2,1-2H3. The van der Waals surface area contributed by atoms with Crippen LogP contribution in [0.25, 0.3) is 0 Å². The number of carbonyl (C=O) groups is 1. The van der Waals surface area contributed by atoms with Crippen molar-refractivity contribution in [2.75, 3.05) is 6.61 Å². The van der Waals surface area contributed by atoms with Gasteiger partial charge in [-0.1, -0.05) is 13.3 Å². The molecule has 0 aliphatic rings. The van der Waals surface area contributed by atoms with Crippen LogP contribution in [-0.2, 0) is 16.0 Å². The highest BCUT2D eigenvalue weighted by molar-refractivity contribution is 5.84. The van der Waals surface area contributed by atoms with Gasteiger partial charge in [0.1, 0.15) is 11.9 Å². The fourth-order valence-electron chi connectivity index (χ4n) is 1.50. The van der Waals surface area contributed by atoms with Crippen molar-refractivity contribution in [3.63, 3.8) is 0 Å². The summed E-state index contributed by atoms with van der Waals surface area (Å²) in [6.45, 7) is 4.53. The molecule has 0 radical (unpaired) electrons. The summed E-state index contributed by atoms with van der Waals surface area (Å²) in [4.78, 5) is 11.8. The van der Waals surface area contributed by atoms with Crippen molar-refractivity contribution in [1.29, 1.82) is 0 Å². The fourth-order valence-corrected chi connectivity index (χ4v) is 1.50. The molecule has 1 heterocycles. The summed E-state index contributed by atoms with van der Waals surface area (Å²) in [7, 11) is 0. The first-order chi connectivity index (χ1) is 7.27. The van der Waals surface area contributed by atoms with Crippen molar-refractivity contribution < 1.29 is 13.9 Å². The molecule has 0 fully saturated rings. The van der Waals surface area contributed by atoms with E-state index in [2.05, 4.69) is 0 Å². The van der Waals surface area contributed by atoms with Crippen molar-refractivity contribution in [3.8, 4) is 0 Å². The number of furan rings is 1. The molecule has 15 heavy (non-hydrogen) atoms. The first-order valence-electron chi connectivity index (χ1n) is 5.44. The first kappa shape index (κ1) is 12.0. The fraction of sp³-hybridized carbons (Fsp3) is 0.583. The molecule has 0 bridgehead atoms. The molecule has 1 rings (SSSR count). The summed E-state index contributed by atoms with van der Waals surface area (Å²) in [5.41, 5.74) is 0. The lowest BCUT2D eigenvalue weighted by Crippen LogP contribution is -2.25. The molecular formula is C12H18O3.